The molecule has 2 aliphatic rings. The maximum atomic E-state index is 12.5. The Bertz CT molecular complexity index is 347. The molecule has 114 valence electrons. The smallest absolute Gasteiger partial charge is 0.239 e. The third kappa shape index (κ3) is 4.30. The molecule has 20 heavy (non-hydrogen) atoms. The molecule has 0 unspecified atom stereocenters. The van der Waals surface area contributed by atoms with E-state index in [1.54, 1.807) is 0 Å². The molecule has 2 aliphatic heterocycles. The fraction of sp³-hybridized carbons (Fsp3) is 0.800. The first-order valence-corrected chi connectivity index (χ1v) is 8.45. The molecule has 0 radical (unpaired) electrons. The predicted octanol–water partition coefficient (Wildman–Crippen LogP) is 1.91. The molecule has 0 saturated carbocycles. The summed E-state index contributed by atoms with van der Waals surface area (Å²) in [5.41, 5.74) is 0. The van der Waals surface area contributed by atoms with Gasteiger partial charge in [0.25, 0.3) is 0 Å². The van der Waals surface area contributed by atoms with Crippen molar-refractivity contribution in [1.29, 1.82) is 0 Å². The third-order valence-corrected chi connectivity index (χ3v) is 4.63. The molecule has 2 saturated heterocycles. The van der Waals surface area contributed by atoms with Crippen molar-refractivity contribution in [2.24, 2.45) is 0 Å². The monoisotopic (exact) mass is 343 g/mol. The lowest BCUT2D eigenvalue weighted by Gasteiger charge is -2.39. The van der Waals surface area contributed by atoms with E-state index in [4.69, 9.17) is 0 Å². The van der Waals surface area contributed by atoms with Crippen molar-refractivity contribution < 1.29 is 4.79 Å². The van der Waals surface area contributed by atoms with Gasteiger partial charge in [0.1, 0.15) is 0 Å². The summed E-state index contributed by atoms with van der Waals surface area (Å²) >= 11 is 3.42. The molecule has 0 aromatic rings. The minimum absolute atomic E-state index is 0.0300. The second-order valence-electron chi connectivity index (χ2n) is 5.89. The molecule has 2 fully saturated rings. The van der Waals surface area contributed by atoms with Crippen molar-refractivity contribution >= 4 is 21.8 Å². The maximum absolute atomic E-state index is 12.5. The van der Waals surface area contributed by atoms with Gasteiger partial charge in [-0.1, -0.05) is 22.5 Å². The molecule has 4 nitrogen and oxygen atoms in total. The van der Waals surface area contributed by atoms with Crippen molar-refractivity contribution in [2.45, 2.75) is 32.2 Å². The molecule has 0 aliphatic carbocycles. The van der Waals surface area contributed by atoms with Crippen LogP contribution in [0.15, 0.2) is 11.1 Å². The number of piperazine rings is 1. The highest BCUT2D eigenvalue weighted by Gasteiger charge is 2.29. The minimum Gasteiger partial charge on any atom is -0.341 e. The lowest BCUT2D eigenvalue weighted by Crippen LogP contribution is -2.55. The number of nitrogens with zero attached hydrogens (tertiary/aromatic N) is 3. The van der Waals surface area contributed by atoms with Crippen LogP contribution in [0.25, 0.3) is 0 Å². The van der Waals surface area contributed by atoms with Gasteiger partial charge >= 0.3 is 0 Å². The number of hydrogen-bond donors (Lipinski definition) is 0. The molecule has 0 bridgehead atoms. The Labute approximate surface area is 130 Å². The van der Waals surface area contributed by atoms with Gasteiger partial charge in [-0.3, -0.25) is 14.6 Å². The predicted molar refractivity (Wildman–Crippen MR) is 86.0 cm³/mol. The van der Waals surface area contributed by atoms with E-state index in [0.717, 1.165) is 50.3 Å². The van der Waals surface area contributed by atoms with Crippen LogP contribution in [-0.2, 0) is 4.79 Å². The first-order chi connectivity index (χ1) is 9.58. The van der Waals surface area contributed by atoms with Crippen LogP contribution < -0.4 is 0 Å². The van der Waals surface area contributed by atoms with E-state index in [9.17, 15) is 4.79 Å². The van der Waals surface area contributed by atoms with Gasteiger partial charge in [0.15, 0.2) is 0 Å². The summed E-state index contributed by atoms with van der Waals surface area (Å²) < 4.78 is 1.03. The fourth-order valence-electron chi connectivity index (χ4n) is 3.09. The van der Waals surface area contributed by atoms with Crippen LogP contribution in [0, 0.1) is 0 Å². The Balaban J connectivity index is 1.80. The molecule has 0 spiro atoms. The van der Waals surface area contributed by atoms with Gasteiger partial charge in [-0.25, -0.2) is 0 Å². The van der Waals surface area contributed by atoms with E-state index in [-0.39, 0.29) is 6.04 Å². The summed E-state index contributed by atoms with van der Waals surface area (Å²) in [6.07, 6.45) is 3.60. The Morgan fingerprint density at radius 2 is 1.70 bits per heavy atom. The van der Waals surface area contributed by atoms with Gasteiger partial charge in [-0.05, 0) is 26.2 Å². The SMILES string of the molecule is C=C(Br)CN1CCN([C@@H](C)C(=O)N2CCCCC2)CC1. The number of carbonyl (C=O) groups is 1. The van der Waals surface area contributed by atoms with Gasteiger partial charge in [-0.15, -0.1) is 0 Å². The van der Waals surface area contributed by atoms with Crippen molar-refractivity contribution in [2.75, 3.05) is 45.8 Å². The summed E-state index contributed by atoms with van der Waals surface area (Å²) in [7, 11) is 0. The Morgan fingerprint density at radius 3 is 2.25 bits per heavy atom. The first kappa shape index (κ1) is 16.0. The van der Waals surface area contributed by atoms with Crippen LogP contribution in [-0.4, -0.2) is 72.5 Å². The molecular weight excluding hydrogens is 318 g/mol. The molecule has 0 N–H and O–H groups in total. The second kappa shape index (κ2) is 7.57. The van der Waals surface area contributed by atoms with Gasteiger partial charge in [0, 0.05) is 50.3 Å². The zero-order valence-corrected chi connectivity index (χ0v) is 14.1. The average Bonchev–Trinajstić information content (AvgIpc) is 2.47. The van der Waals surface area contributed by atoms with Crippen molar-refractivity contribution in [3.8, 4) is 0 Å². The van der Waals surface area contributed by atoms with Crippen LogP contribution in [0.2, 0.25) is 0 Å². The summed E-state index contributed by atoms with van der Waals surface area (Å²) in [5, 5.41) is 0. The lowest BCUT2D eigenvalue weighted by molar-refractivity contribution is -0.138. The number of carbonyl (C=O) groups excluding carboxylic acids is 1. The van der Waals surface area contributed by atoms with Gasteiger partial charge in [0.05, 0.1) is 6.04 Å². The van der Waals surface area contributed by atoms with Crippen molar-refractivity contribution in [3.05, 3.63) is 11.1 Å². The Hall–Kier alpha value is -0.390. The highest BCUT2D eigenvalue weighted by atomic mass is 79.9. The molecule has 5 heteroatoms. The standard InChI is InChI=1S/C15H26BrN3O/c1-13(16)12-17-8-10-18(11-9-17)14(2)15(20)19-6-4-3-5-7-19/h14H,1,3-12H2,2H3/t14-/m0/s1. The molecule has 1 amide bonds. The van der Waals surface area contributed by atoms with E-state index in [1.807, 2.05) is 0 Å². The normalized spacial score (nSPS) is 23.6. The number of amides is 1. The molecule has 2 rings (SSSR count). The third-order valence-electron chi connectivity index (χ3n) is 4.37. The van der Waals surface area contributed by atoms with Gasteiger partial charge in [-0.2, -0.15) is 0 Å². The van der Waals surface area contributed by atoms with Crippen LogP contribution in [0.5, 0.6) is 0 Å². The summed E-state index contributed by atoms with van der Waals surface area (Å²) in [4.78, 5) is 19.3. The van der Waals surface area contributed by atoms with Crippen LogP contribution >= 0.6 is 15.9 Å². The quantitative estimate of drug-likeness (QED) is 0.780. The Morgan fingerprint density at radius 1 is 1.10 bits per heavy atom. The number of likely N-dealkylation sites (tertiary alicyclic amines) is 1. The minimum atomic E-state index is 0.0300. The van der Waals surface area contributed by atoms with Gasteiger partial charge < -0.3 is 4.90 Å². The highest BCUT2D eigenvalue weighted by Crippen LogP contribution is 2.15. The Kier molecular flexibility index (Phi) is 6.05. The molecule has 1 atom stereocenters. The number of piperidine rings is 1. The van der Waals surface area contributed by atoms with Crippen LogP contribution in [0.1, 0.15) is 26.2 Å². The highest BCUT2D eigenvalue weighted by molar-refractivity contribution is 9.11. The average molecular weight is 344 g/mol. The second-order valence-corrected chi connectivity index (χ2v) is 7.01. The van der Waals surface area contributed by atoms with E-state index < -0.39 is 0 Å². The van der Waals surface area contributed by atoms with Crippen molar-refractivity contribution in [1.82, 2.24) is 14.7 Å². The number of hydrogen-bond acceptors (Lipinski definition) is 3. The fourth-order valence-corrected chi connectivity index (χ4v) is 3.44. The topological polar surface area (TPSA) is 26.8 Å². The van der Waals surface area contributed by atoms with E-state index in [2.05, 4.69) is 44.1 Å². The molecule has 0 aromatic heterocycles. The zero-order valence-electron chi connectivity index (χ0n) is 12.5. The van der Waals surface area contributed by atoms with E-state index >= 15 is 0 Å². The maximum Gasteiger partial charge on any atom is 0.239 e. The molecular formula is C15H26BrN3O. The van der Waals surface area contributed by atoms with Crippen LogP contribution in [0.4, 0.5) is 0 Å². The zero-order chi connectivity index (χ0) is 14.5. The first-order valence-electron chi connectivity index (χ1n) is 7.66. The molecule has 0 aromatic carbocycles. The number of halogens is 1. The lowest BCUT2D eigenvalue weighted by atomic mass is 10.1. The van der Waals surface area contributed by atoms with E-state index in [0.29, 0.717) is 5.91 Å². The van der Waals surface area contributed by atoms with Crippen LogP contribution in [0.3, 0.4) is 0 Å². The summed E-state index contributed by atoms with van der Waals surface area (Å²) in [6.45, 7) is 12.7. The summed E-state index contributed by atoms with van der Waals surface area (Å²) in [5.74, 6) is 0.322. The number of rotatable bonds is 4. The van der Waals surface area contributed by atoms with E-state index in [1.165, 1.54) is 19.3 Å². The summed E-state index contributed by atoms with van der Waals surface area (Å²) in [6, 6.07) is 0.0300. The van der Waals surface area contributed by atoms with Crippen molar-refractivity contribution in [3.63, 3.8) is 0 Å². The van der Waals surface area contributed by atoms with Gasteiger partial charge in [0.2, 0.25) is 5.91 Å². The largest absolute Gasteiger partial charge is 0.341 e. The molecule has 2 heterocycles.